The Kier molecular flexibility index (Phi) is 6.27. The Labute approximate surface area is 164 Å². The Balaban J connectivity index is 1.48. The van der Waals surface area contributed by atoms with Crippen molar-refractivity contribution in [2.45, 2.75) is 13.0 Å². The van der Waals surface area contributed by atoms with Crippen molar-refractivity contribution in [2.24, 2.45) is 0 Å². The highest BCUT2D eigenvalue weighted by molar-refractivity contribution is 5.90. The highest BCUT2D eigenvalue weighted by atomic mass is 19.1. The number of carbonyl (C=O) groups excluding carboxylic acids is 1. The highest BCUT2D eigenvalue weighted by Gasteiger charge is 2.32. The van der Waals surface area contributed by atoms with Gasteiger partial charge in [-0.05, 0) is 42.3 Å². The van der Waals surface area contributed by atoms with Crippen LogP contribution in [0.2, 0.25) is 0 Å². The van der Waals surface area contributed by atoms with E-state index >= 15 is 0 Å². The molecular weight excluding hydrogens is 355 g/mol. The summed E-state index contributed by atoms with van der Waals surface area (Å²) < 4.78 is 19.5. The third-order valence-corrected chi connectivity index (χ3v) is 4.46. The van der Waals surface area contributed by atoms with Crippen LogP contribution in [-0.2, 0) is 0 Å². The number of hydrogen-bond donors (Lipinski definition) is 1. The van der Waals surface area contributed by atoms with E-state index in [2.05, 4.69) is 11.9 Å². The number of nitrogens with zero attached hydrogens (tertiary/aromatic N) is 1. The SMILES string of the molecule is C=C/C=C\C=C(/C)c1ccc(OC2CN(C(=O)Nc3ccccc3F)C2)cc1. The van der Waals surface area contributed by atoms with Gasteiger partial charge in [0, 0.05) is 0 Å². The van der Waals surface area contributed by atoms with E-state index in [9.17, 15) is 9.18 Å². The first-order valence-corrected chi connectivity index (χ1v) is 9.10. The number of amides is 2. The van der Waals surface area contributed by atoms with E-state index in [4.69, 9.17) is 4.74 Å². The Hall–Kier alpha value is -3.34. The molecule has 28 heavy (non-hydrogen) atoms. The lowest BCUT2D eigenvalue weighted by atomic mass is 10.1. The number of urea groups is 1. The molecule has 0 saturated carbocycles. The van der Waals surface area contributed by atoms with Gasteiger partial charge in [-0.1, -0.05) is 55.1 Å². The Morgan fingerprint density at radius 1 is 1.18 bits per heavy atom. The van der Waals surface area contributed by atoms with E-state index in [0.717, 1.165) is 16.9 Å². The molecular formula is C23H23FN2O2. The standard InChI is InChI=1S/C23H23FN2O2/c1-3-4-5-8-17(2)18-11-13-19(14-12-18)28-20-15-26(16-20)23(27)25-22-10-7-6-9-21(22)24/h3-14,20H,1,15-16H2,2H3,(H,25,27)/b5-4-,17-8+. The zero-order valence-electron chi connectivity index (χ0n) is 15.8. The summed E-state index contributed by atoms with van der Waals surface area (Å²) in [5.41, 5.74) is 2.43. The first-order chi connectivity index (χ1) is 13.6. The van der Waals surface area contributed by atoms with Crippen LogP contribution in [0.25, 0.3) is 5.57 Å². The van der Waals surface area contributed by atoms with Crippen molar-refractivity contribution in [1.29, 1.82) is 0 Å². The molecule has 1 saturated heterocycles. The first kappa shape index (κ1) is 19.4. The summed E-state index contributed by atoms with van der Waals surface area (Å²) in [6.07, 6.45) is 7.52. The third-order valence-electron chi connectivity index (χ3n) is 4.46. The molecule has 144 valence electrons. The number of ether oxygens (including phenoxy) is 1. The van der Waals surface area contributed by atoms with Crippen molar-refractivity contribution < 1.29 is 13.9 Å². The normalized spacial score (nSPS) is 14.6. The van der Waals surface area contributed by atoms with E-state index in [1.807, 2.05) is 49.4 Å². The van der Waals surface area contributed by atoms with Crippen molar-refractivity contribution >= 4 is 17.3 Å². The van der Waals surface area contributed by atoms with E-state index < -0.39 is 5.82 Å². The summed E-state index contributed by atoms with van der Waals surface area (Å²) in [6.45, 7) is 6.62. The van der Waals surface area contributed by atoms with Crippen LogP contribution in [0.4, 0.5) is 14.9 Å². The van der Waals surface area contributed by atoms with Gasteiger partial charge in [0.1, 0.15) is 17.7 Å². The number of benzene rings is 2. The lowest BCUT2D eigenvalue weighted by Gasteiger charge is -2.38. The van der Waals surface area contributed by atoms with Crippen LogP contribution in [0, 0.1) is 5.82 Å². The molecule has 5 heteroatoms. The van der Waals surface area contributed by atoms with E-state index in [1.165, 1.54) is 12.1 Å². The number of halogens is 1. The molecule has 1 N–H and O–H groups in total. The molecule has 0 unspecified atom stereocenters. The van der Waals surface area contributed by atoms with E-state index in [-0.39, 0.29) is 17.8 Å². The van der Waals surface area contributed by atoms with E-state index in [0.29, 0.717) is 13.1 Å². The summed E-state index contributed by atoms with van der Waals surface area (Å²) in [4.78, 5) is 13.7. The van der Waals surface area contributed by atoms with Crippen molar-refractivity contribution in [3.05, 3.63) is 90.8 Å². The molecule has 0 radical (unpaired) electrons. The van der Waals surface area contributed by atoms with Gasteiger partial charge in [0.25, 0.3) is 0 Å². The monoisotopic (exact) mass is 378 g/mol. The molecule has 2 amide bonds. The maximum atomic E-state index is 13.6. The van der Waals surface area contributed by atoms with E-state index in [1.54, 1.807) is 23.1 Å². The lowest BCUT2D eigenvalue weighted by Crippen LogP contribution is -2.57. The highest BCUT2D eigenvalue weighted by Crippen LogP contribution is 2.22. The number of carbonyl (C=O) groups is 1. The fourth-order valence-corrected chi connectivity index (χ4v) is 2.80. The quantitative estimate of drug-likeness (QED) is 0.696. The van der Waals surface area contributed by atoms with Crippen LogP contribution in [0.5, 0.6) is 5.75 Å². The summed E-state index contributed by atoms with van der Waals surface area (Å²) in [6, 6.07) is 13.6. The minimum absolute atomic E-state index is 0.0654. The molecule has 1 fully saturated rings. The van der Waals surface area contributed by atoms with Crippen molar-refractivity contribution in [2.75, 3.05) is 18.4 Å². The molecule has 1 aliphatic rings. The van der Waals surface area contributed by atoms with Gasteiger partial charge in [0.15, 0.2) is 0 Å². The third kappa shape index (κ3) is 4.88. The summed E-state index contributed by atoms with van der Waals surface area (Å²) in [7, 11) is 0. The summed E-state index contributed by atoms with van der Waals surface area (Å²) in [5, 5.41) is 2.58. The van der Waals surface area contributed by atoms with Gasteiger partial charge in [-0.25, -0.2) is 9.18 Å². The van der Waals surface area contributed by atoms with Crippen LogP contribution in [0.15, 0.2) is 79.4 Å². The van der Waals surface area contributed by atoms with Crippen LogP contribution in [-0.4, -0.2) is 30.1 Å². The number of anilines is 1. The maximum absolute atomic E-state index is 13.6. The number of para-hydroxylation sites is 1. The second-order valence-corrected chi connectivity index (χ2v) is 6.55. The van der Waals surface area contributed by atoms with Gasteiger partial charge in [0.05, 0.1) is 18.8 Å². The number of likely N-dealkylation sites (tertiary alicyclic amines) is 1. The molecule has 0 aliphatic carbocycles. The fourth-order valence-electron chi connectivity index (χ4n) is 2.80. The summed E-state index contributed by atoms with van der Waals surface area (Å²) in [5.74, 6) is 0.311. The minimum Gasteiger partial charge on any atom is -0.487 e. The van der Waals surface area contributed by atoms with Gasteiger partial charge >= 0.3 is 6.03 Å². The van der Waals surface area contributed by atoms with Crippen molar-refractivity contribution in [1.82, 2.24) is 4.90 Å². The molecule has 1 aliphatic heterocycles. The van der Waals surface area contributed by atoms with Crippen LogP contribution in [0.1, 0.15) is 12.5 Å². The van der Waals surface area contributed by atoms with Crippen molar-refractivity contribution in [3.8, 4) is 5.75 Å². The maximum Gasteiger partial charge on any atom is 0.322 e. The fraction of sp³-hybridized carbons (Fsp3) is 0.174. The number of rotatable bonds is 6. The lowest BCUT2D eigenvalue weighted by molar-refractivity contribution is 0.0493. The van der Waals surface area contributed by atoms with Crippen LogP contribution in [0.3, 0.4) is 0 Å². The minimum atomic E-state index is -0.450. The zero-order chi connectivity index (χ0) is 19.9. The zero-order valence-corrected chi connectivity index (χ0v) is 15.8. The molecule has 0 aromatic heterocycles. The number of hydrogen-bond acceptors (Lipinski definition) is 2. The van der Waals surface area contributed by atoms with Gasteiger partial charge < -0.3 is 15.0 Å². The molecule has 2 aromatic rings. The Bertz CT molecular complexity index is 897. The average molecular weight is 378 g/mol. The van der Waals surface area contributed by atoms with Gasteiger partial charge in [-0.2, -0.15) is 0 Å². The van der Waals surface area contributed by atoms with Crippen molar-refractivity contribution in [3.63, 3.8) is 0 Å². The first-order valence-electron chi connectivity index (χ1n) is 9.10. The van der Waals surface area contributed by atoms with Gasteiger partial charge in [-0.15, -0.1) is 0 Å². The average Bonchev–Trinajstić information content (AvgIpc) is 2.66. The largest absolute Gasteiger partial charge is 0.487 e. The van der Waals surface area contributed by atoms with Crippen LogP contribution >= 0.6 is 0 Å². The Morgan fingerprint density at radius 2 is 1.89 bits per heavy atom. The summed E-state index contributed by atoms with van der Waals surface area (Å²) >= 11 is 0. The molecule has 0 atom stereocenters. The molecule has 4 nitrogen and oxygen atoms in total. The van der Waals surface area contributed by atoms with Crippen LogP contribution < -0.4 is 10.1 Å². The van der Waals surface area contributed by atoms with Gasteiger partial charge in [-0.3, -0.25) is 0 Å². The molecule has 0 bridgehead atoms. The number of allylic oxidation sites excluding steroid dienone is 5. The smallest absolute Gasteiger partial charge is 0.322 e. The predicted molar refractivity (Wildman–Crippen MR) is 111 cm³/mol. The number of nitrogens with one attached hydrogen (secondary N) is 1. The molecule has 2 aromatic carbocycles. The second kappa shape index (κ2) is 9.04. The predicted octanol–water partition coefficient (Wildman–Crippen LogP) is 5.27. The molecule has 3 rings (SSSR count). The topological polar surface area (TPSA) is 41.6 Å². The second-order valence-electron chi connectivity index (χ2n) is 6.55. The molecule has 0 spiro atoms. The van der Waals surface area contributed by atoms with Gasteiger partial charge in [0.2, 0.25) is 0 Å². The Morgan fingerprint density at radius 3 is 2.57 bits per heavy atom. The molecule has 1 heterocycles.